The van der Waals surface area contributed by atoms with Gasteiger partial charge in [0.1, 0.15) is 6.04 Å². The number of amides is 2. The molecule has 3 fully saturated rings. The minimum atomic E-state index is -0.557. The maximum Gasteiger partial charge on any atom is 0.245 e. The Kier molecular flexibility index (Phi) is 8.58. The van der Waals surface area contributed by atoms with Crippen LogP contribution < -0.4 is 5.32 Å². The van der Waals surface area contributed by atoms with Crippen LogP contribution in [0.1, 0.15) is 53.4 Å². The first-order valence-corrected chi connectivity index (χ1v) is 12.4. The molecule has 0 aromatic rings. The van der Waals surface area contributed by atoms with Crippen LogP contribution in [0.5, 0.6) is 0 Å². The Morgan fingerprint density at radius 3 is 2.44 bits per heavy atom. The Bertz CT molecular complexity index is 646. The van der Waals surface area contributed by atoms with E-state index in [0.717, 1.165) is 19.5 Å². The normalized spacial score (nSPS) is 27.2. The van der Waals surface area contributed by atoms with Gasteiger partial charge in [-0.15, -0.1) is 0 Å². The SMILES string of the molecule is CC(C)C[C@@H]1NCCN([C@@H](CC(C)C)C(=O)N2CCC3(CC2)OCC(CN(C)C)O3)C1=O. The number of hydrogen-bond donors (Lipinski definition) is 1. The quantitative estimate of drug-likeness (QED) is 0.602. The molecule has 1 spiro atoms. The Labute approximate surface area is 193 Å². The molecule has 3 aliphatic heterocycles. The standard InChI is InChI=1S/C24H44N4O4/c1-17(2)13-20-22(29)28(12-9-25-20)21(14-18(3)4)23(30)27-10-7-24(8-11-27)31-16-19(32-24)15-26(5)6/h17-21,25H,7-16H2,1-6H3/t19?,20-,21-/m0/s1. The van der Waals surface area contributed by atoms with E-state index in [0.29, 0.717) is 57.3 Å². The lowest BCUT2D eigenvalue weighted by atomic mass is 9.95. The third-order valence-electron chi connectivity index (χ3n) is 6.71. The van der Waals surface area contributed by atoms with Gasteiger partial charge in [0.25, 0.3) is 0 Å². The van der Waals surface area contributed by atoms with E-state index in [1.165, 1.54) is 0 Å². The number of ether oxygens (including phenoxy) is 2. The molecular formula is C24H44N4O4. The van der Waals surface area contributed by atoms with Crippen LogP contribution in [0, 0.1) is 11.8 Å². The van der Waals surface area contributed by atoms with Gasteiger partial charge in [0.05, 0.1) is 18.8 Å². The van der Waals surface area contributed by atoms with E-state index in [2.05, 4.69) is 37.9 Å². The summed E-state index contributed by atoms with van der Waals surface area (Å²) in [6.45, 7) is 12.5. The second kappa shape index (κ2) is 10.8. The maximum absolute atomic E-state index is 13.6. The molecule has 3 heterocycles. The second-order valence-corrected chi connectivity index (χ2v) is 10.9. The van der Waals surface area contributed by atoms with Crippen molar-refractivity contribution in [3.8, 4) is 0 Å². The van der Waals surface area contributed by atoms with Crippen molar-refractivity contribution >= 4 is 11.8 Å². The minimum Gasteiger partial charge on any atom is -0.347 e. The van der Waals surface area contributed by atoms with Crippen molar-refractivity contribution in [2.24, 2.45) is 11.8 Å². The van der Waals surface area contributed by atoms with Crippen LogP contribution in [-0.2, 0) is 19.1 Å². The highest BCUT2D eigenvalue weighted by molar-refractivity contribution is 5.90. The number of carbonyl (C=O) groups excluding carboxylic acids is 2. The van der Waals surface area contributed by atoms with Crippen molar-refractivity contribution in [1.82, 2.24) is 20.0 Å². The van der Waals surface area contributed by atoms with Gasteiger partial charge < -0.3 is 29.5 Å². The smallest absolute Gasteiger partial charge is 0.245 e. The van der Waals surface area contributed by atoms with Crippen LogP contribution in [0.4, 0.5) is 0 Å². The number of carbonyl (C=O) groups is 2. The lowest BCUT2D eigenvalue weighted by molar-refractivity contribution is -0.198. The number of nitrogens with zero attached hydrogens (tertiary/aromatic N) is 3. The molecule has 0 radical (unpaired) electrons. The maximum atomic E-state index is 13.6. The fourth-order valence-corrected chi connectivity index (χ4v) is 5.18. The summed E-state index contributed by atoms with van der Waals surface area (Å²) in [5, 5.41) is 3.35. The van der Waals surface area contributed by atoms with E-state index in [4.69, 9.17) is 9.47 Å². The molecule has 8 heteroatoms. The Hall–Kier alpha value is -1.22. The third kappa shape index (κ3) is 6.22. The minimum absolute atomic E-state index is 0.0754. The van der Waals surface area contributed by atoms with Crippen LogP contribution in [0.3, 0.4) is 0 Å². The van der Waals surface area contributed by atoms with Crippen LogP contribution in [0.15, 0.2) is 0 Å². The molecule has 0 aliphatic carbocycles. The fraction of sp³-hybridized carbons (Fsp3) is 0.917. The number of likely N-dealkylation sites (tertiary alicyclic amines) is 1. The predicted octanol–water partition coefficient (Wildman–Crippen LogP) is 1.54. The van der Waals surface area contributed by atoms with Crippen molar-refractivity contribution < 1.29 is 19.1 Å². The molecule has 3 atom stereocenters. The van der Waals surface area contributed by atoms with Crippen LogP contribution >= 0.6 is 0 Å². The summed E-state index contributed by atoms with van der Waals surface area (Å²) >= 11 is 0. The first kappa shape index (κ1) is 25.4. The highest BCUT2D eigenvalue weighted by Gasteiger charge is 2.46. The van der Waals surface area contributed by atoms with Gasteiger partial charge in [-0.25, -0.2) is 0 Å². The highest BCUT2D eigenvalue weighted by Crippen LogP contribution is 2.35. The van der Waals surface area contributed by atoms with Crippen LogP contribution in [-0.4, -0.2) is 104 Å². The summed E-state index contributed by atoms with van der Waals surface area (Å²) in [5.41, 5.74) is 0. The molecule has 0 aromatic carbocycles. The van der Waals surface area contributed by atoms with Gasteiger partial charge >= 0.3 is 0 Å². The van der Waals surface area contributed by atoms with Gasteiger partial charge in [-0.3, -0.25) is 9.59 Å². The molecule has 3 aliphatic rings. The topological polar surface area (TPSA) is 74.3 Å². The number of piperidine rings is 1. The summed E-state index contributed by atoms with van der Waals surface area (Å²) in [4.78, 5) is 32.8. The van der Waals surface area contributed by atoms with Crippen molar-refractivity contribution in [1.29, 1.82) is 0 Å². The first-order chi connectivity index (χ1) is 15.1. The van der Waals surface area contributed by atoms with Gasteiger partial charge in [-0.05, 0) is 38.8 Å². The van der Waals surface area contributed by atoms with E-state index in [9.17, 15) is 9.59 Å². The van der Waals surface area contributed by atoms with E-state index in [-0.39, 0.29) is 30.0 Å². The Morgan fingerprint density at radius 2 is 1.84 bits per heavy atom. The van der Waals surface area contributed by atoms with Crippen molar-refractivity contribution in [2.45, 2.75) is 77.4 Å². The molecule has 0 saturated carbocycles. The van der Waals surface area contributed by atoms with Gasteiger partial charge in [0.2, 0.25) is 11.8 Å². The molecule has 1 unspecified atom stereocenters. The van der Waals surface area contributed by atoms with E-state index in [1.807, 2.05) is 23.9 Å². The molecule has 0 bridgehead atoms. The summed E-state index contributed by atoms with van der Waals surface area (Å²) < 4.78 is 12.3. The number of likely N-dealkylation sites (N-methyl/N-ethyl adjacent to an activating group) is 1. The predicted molar refractivity (Wildman–Crippen MR) is 124 cm³/mol. The Morgan fingerprint density at radius 1 is 1.16 bits per heavy atom. The second-order valence-electron chi connectivity index (χ2n) is 10.9. The molecule has 0 aromatic heterocycles. The summed E-state index contributed by atoms with van der Waals surface area (Å²) in [7, 11) is 4.07. The van der Waals surface area contributed by atoms with E-state index < -0.39 is 5.79 Å². The fourth-order valence-electron chi connectivity index (χ4n) is 5.18. The molecule has 8 nitrogen and oxygen atoms in total. The summed E-state index contributed by atoms with van der Waals surface area (Å²) in [6.07, 6.45) is 2.94. The molecule has 1 N–H and O–H groups in total. The molecule has 2 amide bonds. The van der Waals surface area contributed by atoms with E-state index in [1.54, 1.807) is 0 Å². The van der Waals surface area contributed by atoms with Gasteiger partial charge in [-0.1, -0.05) is 27.7 Å². The van der Waals surface area contributed by atoms with Gasteiger partial charge in [0.15, 0.2) is 5.79 Å². The largest absolute Gasteiger partial charge is 0.347 e. The zero-order valence-electron chi connectivity index (χ0n) is 20.9. The van der Waals surface area contributed by atoms with Gasteiger partial charge in [0, 0.05) is 45.6 Å². The zero-order valence-corrected chi connectivity index (χ0v) is 20.9. The van der Waals surface area contributed by atoms with E-state index >= 15 is 0 Å². The van der Waals surface area contributed by atoms with Crippen LogP contribution in [0.2, 0.25) is 0 Å². The number of hydrogen-bond acceptors (Lipinski definition) is 6. The molecule has 3 saturated heterocycles. The number of piperazine rings is 1. The van der Waals surface area contributed by atoms with Crippen molar-refractivity contribution in [3.63, 3.8) is 0 Å². The highest BCUT2D eigenvalue weighted by atomic mass is 16.7. The number of nitrogens with one attached hydrogen (secondary N) is 1. The van der Waals surface area contributed by atoms with Crippen LogP contribution in [0.25, 0.3) is 0 Å². The lowest BCUT2D eigenvalue weighted by Gasteiger charge is -2.43. The molecule has 184 valence electrons. The zero-order chi connectivity index (χ0) is 23.5. The molecule has 3 rings (SSSR count). The molecular weight excluding hydrogens is 408 g/mol. The lowest BCUT2D eigenvalue weighted by Crippen LogP contribution is -2.62. The Balaban J connectivity index is 1.64. The number of rotatable bonds is 8. The first-order valence-electron chi connectivity index (χ1n) is 12.4. The van der Waals surface area contributed by atoms with Gasteiger partial charge in [-0.2, -0.15) is 0 Å². The summed E-state index contributed by atoms with van der Waals surface area (Å²) in [6, 6.07) is -0.579. The summed E-state index contributed by atoms with van der Waals surface area (Å²) in [5.74, 6) is 0.357. The van der Waals surface area contributed by atoms with Crippen molar-refractivity contribution in [3.05, 3.63) is 0 Å². The molecule has 32 heavy (non-hydrogen) atoms. The average molecular weight is 453 g/mol. The van der Waals surface area contributed by atoms with Crippen molar-refractivity contribution in [2.75, 3.05) is 53.4 Å². The monoisotopic (exact) mass is 452 g/mol. The average Bonchev–Trinajstić information content (AvgIpc) is 3.09. The third-order valence-corrected chi connectivity index (χ3v) is 6.71.